The van der Waals surface area contributed by atoms with Crippen molar-refractivity contribution in [3.05, 3.63) is 59.7 Å². The molecule has 0 spiro atoms. The molecule has 0 radical (unpaired) electrons. The van der Waals surface area contributed by atoms with Gasteiger partial charge in [0.05, 0.1) is 12.7 Å². The fraction of sp³-hybridized carbons (Fsp3) is 0.697. The summed E-state index contributed by atoms with van der Waals surface area (Å²) in [6.07, 6.45) is 24.2. The van der Waals surface area contributed by atoms with Gasteiger partial charge in [0, 0.05) is 18.1 Å². The summed E-state index contributed by atoms with van der Waals surface area (Å²) < 4.78 is 40.5. The zero-order valence-corrected chi connectivity index (χ0v) is 22.5. The summed E-state index contributed by atoms with van der Waals surface area (Å²) in [5.74, 6) is 1.77. The highest BCUT2D eigenvalue weighted by atomic mass is 19.2. The molecule has 0 bridgehead atoms. The van der Waals surface area contributed by atoms with Crippen LogP contribution in [0.15, 0.2) is 36.9 Å². The van der Waals surface area contributed by atoms with Gasteiger partial charge in [0.1, 0.15) is 6.10 Å². The first-order chi connectivity index (χ1) is 18.1. The van der Waals surface area contributed by atoms with Crippen molar-refractivity contribution in [2.45, 2.75) is 108 Å². The molecule has 5 rings (SSSR count). The number of halogens is 2. The van der Waals surface area contributed by atoms with Gasteiger partial charge in [-0.05, 0) is 93.4 Å². The van der Waals surface area contributed by atoms with Crippen LogP contribution in [0.25, 0.3) is 0 Å². The van der Waals surface area contributed by atoms with E-state index in [1.165, 1.54) is 64.2 Å². The lowest BCUT2D eigenvalue weighted by atomic mass is 9.70. The van der Waals surface area contributed by atoms with Crippen molar-refractivity contribution in [1.29, 1.82) is 0 Å². The summed E-state index contributed by atoms with van der Waals surface area (Å²) in [5, 5.41) is 0. The molecule has 1 aliphatic heterocycles. The predicted molar refractivity (Wildman–Crippen MR) is 145 cm³/mol. The predicted octanol–water partition coefficient (Wildman–Crippen LogP) is 9.21. The van der Waals surface area contributed by atoms with Crippen LogP contribution in [0.2, 0.25) is 0 Å². The van der Waals surface area contributed by atoms with Crippen molar-refractivity contribution in [2.75, 3.05) is 13.2 Å². The Kier molecular flexibility index (Phi) is 9.52. The minimum Gasteiger partial charge on any atom is -0.378 e. The zero-order valence-electron chi connectivity index (χ0n) is 22.5. The average Bonchev–Trinajstić information content (AvgIpc) is 3.78. The van der Waals surface area contributed by atoms with Crippen molar-refractivity contribution in [3.63, 3.8) is 0 Å². The number of benzene rings is 1. The first-order valence-electron chi connectivity index (χ1n) is 15.1. The van der Waals surface area contributed by atoms with Gasteiger partial charge in [0.25, 0.3) is 0 Å². The molecule has 3 atom stereocenters. The Bertz CT molecular complexity index is 907. The van der Waals surface area contributed by atoms with E-state index < -0.39 is 11.6 Å². The van der Waals surface area contributed by atoms with Gasteiger partial charge >= 0.3 is 0 Å². The minimum absolute atomic E-state index is 0.0103. The van der Waals surface area contributed by atoms with E-state index in [4.69, 9.17) is 9.47 Å². The van der Waals surface area contributed by atoms with Gasteiger partial charge in [-0.3, -0.25) is 0 Å². The van der Waals surface area contributed by atoms with Crippen LogP contribution in [0.4, 0.5) is 8.78 Å². The summed E-state index contributed by atoms with van der Waals surface area (Å²) in [6.45, 7) is 5.17. The van der Waals surface area contributed by atoms with E-state index in [9.17, 15) is 8.78 Å². The second-order valence-corrected chi connectivity index (χ2v) is 12.2. The number of unbranched alkanes of at least 4 members (excludes halogenated alkanes) is 1. The second-order valence-electron chi connectivity index (χ2n) is 12.2. The Labute approximate surface area is 222 Å². The number of hydrogen-bond donors (Lipinski definition) is 0. The summed E-state index contributed by atoms with van der Waals surface area (Å²) in [6, 6.07) is 3.50. The van der Waals surface area contributed by atoms with Gasteiger partial charge < -0.3 is 9.47 Å². The summed E-state index contributed by atoms with van der Waals surface area (Å²) in [4.78, 5) is 0. The summed E-state index contributed by atoms with van der Waals surface area (Å²) in [7, 11) is 0. The largest absolute Gasteiger partial charge is 0.378 e. The molecule has 0 N–H and O–H groups in total. The van der Waals surface area contributed by atoms with Crippen LogP contribution >= 0.6 is 0 Å². The van der Waals surface area contributed by atoms with E-state index in [-0.39, 0.29) is 12.0 Å². The van der Waals surface area contributed by atoms with Gasteiger partial charge in [-0.15, -0.1) is 6.58 Å². The molecule has 4 aliphatic rings. The second kappa shape index (κ2) is 13.0. The Morgan fingerprint density at radius 2 is 1.49 bits per heavy atom. The molecular weight excluding hydrogens is 466 g/mol. The number of ether oxygens (including phenoxy) is 2. The van der Waals surface area contributed by atoms with Gasteiger partial charge in [-0.2, -0.15) is 0 Å². The van der Waals surface area contributed by atoms with Crippen LogP contribution in [0, 0.1) is 35.3 Å². The Balaban J connectivity index is 1.00. The standard InChI is InChI=1S/C33H46F2O2/c1-2-3-4-21-36-28-17-9-24(10-18-28)6-5-23-7-11-25(12-8-23)26-13-15-27(16-14-26)29-19-20-30(31-22-37-31)33(35)32(29)34/h2,13,15,19-20,23-28,31H,1,3-12,14,16-18,21-22H2. The van der Waals surface area contributed by atoms with E-state index in [0.29, 0.717) is 29.8 Å². The Morgan fingerprint density at radius 3 is 2.11 bits per heavy atom. The quantitative estimate of drug-likeness (QED) is 0.167. The molecule has 3 unspecified atom stereocenters. The maximum Gasteiger partial charge on any atom is 0.165 e. The van der Waals surface area contributed by atoms with Crippen LogP contribution in [-0.4, -0.2) is 19.3 Å². The minimum atomic E-state index is -0.713. The Morgan fingerprint density at radius 1 is 0.838 bits per heavy atom. The summed E-state index contributed by atoms with van der Waals surface area (Å²) >= 11 is 0. The molecule has 3 aliphatic carbocycles. The van der Waals surface area contributed by atoms with Crippen molar-refractivity contribution >= 4 is 0 Å². The van der Waals surface area contributed by atoms with Gasteiger partial charge in [0.2, 0.25) is 0 Å². The van der Waals surface area contributed by atoms with E-state index in [1.807, 2.05) is 6.08 Å². The summed E-state index contributed by atoms with van der Waals surface area (Å²) in [5.41, 5.74) is 0.876. The lowest BCUT2D eigenvalue weighted by molar-refractivity contribution is 0.0155. The first-order valence-corrected chi connectivity index (χ1v) is 15.1. The van der Waals surface area contributed by atoms with E-state index in [2.05, 4.69) is 18.7 Å². The number of allylic oxidation sites excluding steroid dienone is 3. The third-order valence-corrected chi connectivity index (χ3v) is 9.80. The van der Waals surface area contributed by atoms with Gasteiger partial charge in [-0.25, -0.2) is 8.78 Å². The van der Waals surface area contributed by atoms with E-state index in [1.54, 1.807) is 12.1 Å². The van der Waals surface area contributed by atoms with Gasteiger partial charge in [-0.1, -0.05) is 56.0 Å². The third kappa shape index (κ3) is 7.12. The van der Waals surface area contributed by atoms with Crippen LogP contribution in [0.1, 0.15) is 113 Å². The molecule has 1 aromatic rings. The van der Waals surface area contributed by atoms with Crippen molar-refractivity contribution in [1.82, 2.24) is 0 Å². The van der Waals surface area contributed by atoms with Gasteiger partial charge in [0.15, 0.2) is 11.6 Å². The fourth-order valence-corrected chi connectivity index (χ4v) is 7.28. The third-order valence-electron chi connectivity index (χ3n) is 9.80. The van der Waals surface area contributed by atoms with Crippen LogP contribution in [0.5, 0.6) is 0 Å². The lowest BCUT2D eigenvalue weighted by Crippen LogP contribution is -2.24. The molecular formula is C33H46F2O2. The topological polar surface area (TPSA) is 21.8 Å². The molecule has 0 amide bonds. The lowest BCUT2D eigenvalue weighted by Gasteiger charge is -2.36. The van der Waals surface area contributed by atoms with Crippen LogP contribution in [0.3, 0.4) is 0 Å². The van der Waals surface area contributed by atoms with Crippen LogP contribution in [-0.2, 0) is 9.47 Å². The number of rotatable bonds is 11. The van der Waals surface area contributed by atoms with Crippen molar-refractivity contribution < 1.29 is 18.3 Å². The van der Waals surface area contributed by atoms with E-state index in [0.717, 1.165) is 50.0 Å². The van der Waals surface area contributed by atoms with Crippen molar-refractivity contribution in [2.24, 2.45) is 23.7 Å². The zero-order chi connectivity index (χ0) is 25.6. The molecule has 2 saturated carbocycles. The monoisotopic (exact) mass is 512 g/mol. The molecule has 0 aromatic heterocycles. The number of epoxide rings is 1. The Hall–Kier alpha value is -1.52. The highest BCUT2D eigenvalue weighted by Gasteiger charge is 2.33. The molecule has 1 saturated heterocycles. The molecule has 2 nitrogen and oxygen atoms in total. The molecule has 1 aromatic carbocycles. The molecule has 1 heterocycles. The van der Waals surface area contributed by atoms with Crippen molar-refractivity contribution in [3.8, 4) is 0 Å². The molecule has 4 heteroatoms. The highest BCUT2D eigenvalue weighted by Crippen LogP contribution is 2.43. The first kappa shape index (κ1) is 27.1. The highest BCUT2D eigenvalue weighted by molar-refractivity contribution is 5.34. The smallest absolute Gasteiger partial charge is 0.165 e. The maximum absolute atomic E-state index is 14.8. The molecule has 37 heavy (non-hydrogen) atoms. The fourth-order valence-electron chi connectivity index (χ4n) is 7.28. The number of hydrogen-bond acceptors (Lipinski definition) is 2. The average molecular weight is 513 g/mol. The van der Waals surface area contributed by atoms with E-state index >= 15 is 0 Å². The molecule has 204 valence electrons. The maximum atomic E-state index is 14.8. The normalized spacial score (nSPS) is 33.8. The molecule has 3 fully saturated rings. The SMILES string of the molecule is C=CCCCOC1CCC(CCC2CCC(C3C=CC(c4ccc(C5CO5)c(F)c4F)CC3)CC2)CC1. The van der Waals surface area contributed by atoms with Crippen LogP contribution < -0.4 is 0 Å².